The lowest BCUT2D eigenvalue weighted by Gasteiger charge is -2.18. The molecule has 174 valence electrons. The number of benzene rings is 3. The van der Waals surface area contributed by atoms with Gasteiger partial charge in [0.25, 0.3) is 0 Å². The van der Waals surface area contributed by atoms with Crippen LogP contribution in [0.1, 0.15) is 16.7 Å². The predicted molar refractivity (Wildman–Crippen MR) is 129 cm³/mol. The van der Waals surface area contributed by atoms with Gasteiger partial charge in [0.2, 0.25) is 5.91 Å². The van der Waals surface area contributed by atoms with Gasteiger partial charge >= 0.3 is 6.09 Å². The second-order valence-corrected chi connectivity index (χ2v) is 7.99. The first-order valence-corrected chi connectivity index (χ1v) is 11.1. The lowest BCUT2D eigenvalue weighted by Crippen LogP contribution is -2.48. The van der Waals surface area contributed by atoms with Crippen molar-refractivity contribution < 1.29 is 18.7 Å². The summed E-state index contributed by atoms with van der Waals surface area (Å²) in [5.41, 5.74) is 3.64. The molecule has 1 unspecified atom stereocenters. The molecule has 4 rings (SSSR count). The average Bonchev–Trinajstić information content (AvgIpc) is 3.27. The van der Waals surface area contributed by atoms with Crippen molar-refractivity contribution >= 4 is 22.9 Å². The minimum Gasteiger partial charge on any atom is -0.445 e. The van der Waals surface area contributed by atoms with Gasteiger partial charge in [-0.2, -0.15) is 0 Å². The topological polar surface area (TPSA) is 83.2 Å². The summed E-state index contributed by atoms with van der Waals surface area (Å²) in [5, 5.41) is 6.57. The highest BCUT2D eigenvalue weighted by molar-refractivity contribution is 5.88. The van der Waals surface area contributed by atoms with E-state index in [1.54, 1.807) is 12.1 Å². The Hall–Kier alpha value is -4.13. The molecule has 0 aliphatic rings. The van der Waals surface area contributed by atoms with Gasteiger partial charge < -0.3 is 20.4 Å². The van der Waals surface area contributed by atoms with Gasteiger partial charge in [0.15, 0.2) is 0 Å². The molecule has 0 aliphatic carbocycles. The second-order valence-electron chi connectivity index (χ2n) is 7.99. The minimum absolute atomic E-state index is 0.110. The number of rotatable bonds is 9. The minimum atomic E-state index is -0.823. The van der Waals surface area contributed by atoms with E-state index in [0.717, 1.165) is 27.6 Å². The zero-order valence-corrected chi connectivity index (χ0v) is 18.6. The summed E-state index contributed by atoms with van der Waals surface area (Å²) in [5.74, 6) is -0.617. The number of alkyl carbamates (subject to hydrolysis) is 1. The molecule has 6 nitrogen and oxygen atoms in total. The summed E-state index contributed by atoms with van der Waals surface area (Å²) in [6, 6.07) is 22.5. The molecule has 7 heteroatoms. The van der Waals surface area contributed by atoms with Crippen LogP contribution in [0.2, 0.25) is 0 Å². The van der Waals surface area contributed by atoms with E-state index < -0.39 is 12.1 Å². The number of amides is 2. The highest BCUT2D eigenvalue weighted by Gasteiger charge is 2.23. The number of nitrogens with one attached hydrogen (secondary N) is 3. The third-order valence-corrected chi connectivity index (χ3v) is 5.55. The maximum absolute atomic E-state index is 13.1. The van der Waals surface area contributed by atoms with Crippen LogP contribution < -0.4 is 10.6 Å². The summed E-state index contributed by atoms with van der Waals surface area (Å²) in [7, 11) is 0. The maximum Gasteiger partial charge on any atom is 0.408 e. The number of aromatic nitrogens is 1. The first kappa shape index (κ1) is 23.0. The van der Waals surface area contributed by atoms with Gasteiger partial charge in [-0.25, -0.2) is 9.18 Å². The number of hydrogen-bond acceptors (Lipinski definition) is 3. The van der Waals surface area contributed by atoms with E-state index in [1.165, 1.54) is 12.1 Å². The van der Waals surface area contributed by atoms with Crippen molar-refractivity contribution in [3.8, 4) is 0 Å². The number of H-pyrrole nitrogens is 1. The second kappa shape index (κ2) is 11.1. The smallest absolute Gasteiger partial charge is 0.408 e. The van der Waals surface area contributed by atoms with Gasteiger partial charge in [0.05, 0.1) is 0 Å². The van der Waals surface area contributed by atoms with Crippen molar-refractivity contribution in [1.82, 2.24) is 15.6 Å². The van der Waals surface area contributed by atoms with Crippen molar-refractivity contribution in [2.45, 2.75) is 25.5 Å². The number of halogens is 1. The number of hydrogen-bond donors (Lipinski definition) is 3. The van der Waals surface area contributed by atoms with Crippen molar-refractivity contribution in [1.29, 1.82) is 0 Å². The molecule has 0 aliphatic heterocycles. The summed E-state index contributed by atoms with van der Waals surface area (Å²) < 4.78 is 18.4. The predicted octanol–water partition coefficient (Wildman–Crippen LogP) is 4.50. The fourth-order valence-electron chi connectivity index (χ4n) is 3.74. The molecule has 34 heavy (non-hydrogen) atoms. The molecule has 0 spiro atoms. The maximum atomic E-state index is 13.1. The Morgan fingerprint density at radius 2 is 1.65 bits per heavy atom. The van der Waals surface area contributed by atoms with Crippen LogP contribution in [-0.4, -0.2) is 29.6 Å². The van der Waals surface area contributed by atoms with Gasteiger partial charge in [0, 0.05) is 30.1 Å². The number of ether oxygens (including phenoxy) is 1. The molecular formula is C27H26FN3O3. The molecule has 2 amide bonds. The van der Waals surface area contributed by atoms with Crippen LogP contribution in [0.3, 0.4) is 0 Å². The monoisotopic (exact) mass is 459 g/mol. The number of fused-ring (bicyclic) bond motifs is 1. The van der Waals surface area contributed by atoms with Crippen LogP contribution in [0, 0.1) is 5.82 Å². The third-order valence-electron chi connectivity index (χ3n) is 5.55. The normalized spacial score (nSPS) is 11.7. The first-order chi connectivity index (χ1) is 16.6. The fourth-order valence-corrected chi connectivity index (χ4v) is 3.74. The SMILES string of the molecule is O=C(NC(Cc1c[nH]c2ccccc12)C(=O)NCCc1ccc(F)cc1)OCc1ccccc1. The Kier molecular flexibility index (Phi) is 7.55. The van der Waals surface area contributed by atoms with Gasteiger partial charge in [-0.3, -0.25) is 4.79 Å². The van der Waals surface area contributed by atoms with Crippen LogP contribution in [-0.2, 0) is 29.0 Å². The van der Waals surface area contributed by atoms with Gasteiger partial charge in [-0.15, -0.1) is 0 Å². The number of para-hydroxylation sites is 1. The summed E-state index contributed by atoms with van der Waals surface area (Å²) in [6.07, 6.45) is 2.03. The Bertz CT molecular complexity index is 1240. The Morgan fingerprint density at radius 1 is 0.912 bits per heavy atom. The number of carbonyl (C=O) groups is 2. The average molecular weight is 460 g/mol. The third kappa shape index (κ3) is 6.22. The van der Waals surface area contributed by atoms with Crippen molar-refractivity contribution in [3.05, 3.63) is 108 Å². The molecule has 0 saturated carbocycles. The quantitative estimate of drug-likeness (QED) is 0.345. The van der Waals surface area contributed by atoms with Crippen LogP contribution >= 0.6 is 0 Å². The van der Waals surface area contributed by atoms with Gasteiger partial charge in [-0.1, -0.05) is 60.7 Å². The molecule has 0 fully saturated rings. The van der Waals surface area contributed by atoms with Gasteiger partial charge in [0.1, 0.15) is 18.5 Å². The van der Waals surface area contributed by atoms with E-state index in [0.29, 0.717) is 19.4 Å². The molecular weight excluding hydrogens is 433 g/mol. The van der Waals surface area contributed by atoms with Crippen LogP contribution in [0.25, 0.3) is 10.9 Å². The van der Waals surface area contributed by atoms with Crippen LogP contribution in [0.4, 0.5) is 9.18 Å². The van der Waals surface area contributed by atoms with E-state index in [1.807, 2.05) is 60.8 Å². The van der Waals surface area contributed by atoms with E-state index in [-0.39, 0.29) is 18.3 Å². The molecule has 1 heterocycles. The first-order valence-electron chi connectivity index (χ1n) is 11.1. The summed E-state index contributed by atoms with van der Waals surface area (Å²) >= 11 is 0. The van der Waals surface area contributed by atoms with Crippen LogP contribution in [0.5, 0.6) is 0 Å². The Morgan fingerprint density at radius 3 is 2.44 bits per heavy atom. The van der Waals surface area contributed by atoms with E-state index in [2.05, 4.69) is 15.6 Å². The number of aromatic amines is 1. The van der Waals surface area contributed by atoms with Crippen molar-refractivity contribution in [3.63, 3.8) is 0 Å². The fraction of sp³-hybridized carbons (Fsp3) is 0.185. The number of carbonyl (C=O) groups excluding carboxylic acids is 2. The van der Waals surface area contributed by atoms with E-state index in [4.69, 9.17) is 4.74 Å². The molecule has 1 aromatic heterocycles. The highest BCUT2D eigenvalue weighted by Crippen LogP contribution is 2.19. The Labute approximate surface area is 197 Å². The molecule has 3 aromatic carbocycles. The highest BCUT2D eigenvalue weighted by atomic mass is 19.1. The lowest BCUT2D eigenvalue weighted by molar-refractivity contribution is -0.123. The van der Waals surface area contributed by atoms with E-state index in [9.17, 15) is 14.0 Å². The molecule has 0 bridgehead atoms. The Balaban J connectivity index is 1.40. The largest absolute Gasteiger partial charge is 0.445 e. The summed E-state index contributed by atoms with van der Waals surface area (Å²) in [6.45, 7) is 0.467. The van der Waals surface area contributed by atoms with Crippen molar-refractivity contribution in [2.75, 3.05) is 6.54 Å². The van der Waals surface area contributed by atoms with Crippen molar-refractivity contribution in [2.24, 2.45) is 0 Å². The van der Waals surface area contributed by atoms with E-state index >= 15 is 0 Å². The zero-order valence-electron chi connectivity index (χ0n) is 18.6. The molecule has 4 aromatic rings. The standard InChI is InChI=1S/C27H26FN3O3/c28-22-12-10-19(11-13-22)14-15-29-26(32)25(16-21-17-30-24-9-5-4-8-23(21)24)31-27(33)34-18-20-6-2-1-3-7-20/h1-13,17,25,30H,14-16,18H2,(H,29,32)(H,31,33). The summed E-state index contributed by atoms with van der Waals surface area (Å²) in [4.78, 5) is 28.7. The van der Waals surface area contributed by atoms with Gasteiger partial charge in [-0.05, 0) is 41.3 Å². The van der Waals surface area contributed by atoms with Crippen LogP contribution in [0.15, 0.2) is 85.1 Å². The zero-order chi connectivity index (χ0) is 23.8. The molecule has 0 saturated heterocycles. The molecule has 0 radical (unpaired) electrons. The molecule has 1 atom stereocenters. The lowest BCUT2D eigenvalue weighted by atomic mass is 10.0. The molecule has 3 N–H and O–H groups in total.